The lowest BCUT2D eigenvalue weighted by Crippen LogP contribution is -2.49. The summed E-state index contributed by atoms with van der Waals surface area (Å²) in [5.41, 5.74) is 2.17. The third kappa shape index (κ3) is 5.03. The third-order valence-corrected chi connectivity index (χ3v) is 4.47. The van der Waals surface area contributed by atoms with Crippen LogP contribution in [-0.2, 0) is 11.3 Å². The van der Waals surface area contributed by atoms with Crippen molar-refractivity contribution in [3.63, 3.8) is 0 Å². The van der Waals surface area contributed by atoms with Crippen molar-refractivity contribution in [2.24, 2.45) is 0 Å². The molecular weight excluding hydrogens is 328 g/mol. The fourth-order valence-corrected chi connectivity index (χ4v) is 3.19. The van der Waals surface area contributed by atoms with Gasteiger partial charge in [0.05, 0.1) is 13.2 Å². The summed E-state index contributed by atoms with van der Waals surface area (Å²) < 4.78 is 5.50. The summed E-state index contributed by atoms with van der Waals surface area (Å²) in [7, 11) is 0. The number of hydrogen-bond acceptors (Lipinski definition) is 5. The van der Waals surface area contributed by atoms with E-state index in [1.807, 2.05) is 43.5 Å². The first kappa shape index (κ1) is 18.4. The molecule has 0 bridgehead atoms. The SMILES string of the molecule is CCOc1cccc(CNC(=O)CN2CCNCC2c2cccnc2)c1. The summed E-state index contributed by atoms with van der Waals surface area (Å²) in [4.78, 5) is 18.9. The number of ether oxygens (including phenoxy) is 1. The van der Waals surface area contributed by atoms with Gasteiger partial charge in [0.25, 0.3) is 0 Å². The van der Waals surface area contributed by atoms with Crippen molar-refractivity contribution in [1.29, 1.82) is 0 Å². The molecule has 6 nitrogen and oxygen atoms in total. The van der Waals surface area contributed by atoms with Crippen molar-refractivity contribution in [3.05, 3.63) is 59.9 Å². The Balaban J connectivity index is 1.55. The molecule has 1 unspecified atom stereocenters. The number of rotatable bonds is 7. The third-order valence-electron chi connectivity index (χ3n) is 4.47. The second kappa shape index (κ2) is 9.31. The van der Waals surface area contributed by atoms with Crippen molar-refractivity contribution in [2.75, 3.05) is 32.8 Å². The molecule has 0 saturated carbocycles. The summed E-state index contributed by atoms with van der Waals surface area (Å²) >= 11 is 0. The smallest absolute Gasteiger partial charge is 0.234 e. The molecule has 1 aliphatic rings. The van der Waals surface area contributed by atoms with Crippen LogP contribution in [0.3, 0.4) is 0 Å². The van der Waals surface area contributed by atoms with E-state index in [1.54, 1.807) is 6.20 Å². The Kier molecular flexibility index (Phi) is 6.57. The van der Waals surface area contributed by atoms with Crippen LogP contribution in [0.5, 0.6) is 5.75 Å². The zero-order valence-corrected chi connectivity index (χ0v) is 15.1. The number of nitrogens with zero attached hydrogens (tertiary/aromatic N) is 2. The first-order valence-corrected chi connectivity index (χ1v) is 9.09. The van der Waals surface area contributed by atoms with Crippen LogP contribution in [0, 0.1) is 0 Å². The van der Waals surface area contributed by atoms with E-state index in [1.165, 1.54) is 0 Å². The largest absolute Gasteiger partial charge is 0.494 e. The number of hydrogen-bond donors (Lipinski definition) is 2. The Hall–Kier alpha value is -2.44. The van der Waals surface area contributed by atoms with Crippen LogP contribution in [0.4, 0.5) is 0 Å². The number of carbonyl (C=O) groups is 1. The average molecular weight is 354 g/mol. The minimum absolute atomic E-state index is 0.0302. The molecule has 0 spiro atoms. The van der Waals surface area contributed by atoms with Crippen molar-refractivity contribution >= 4 is 5.91 Å². The van der Waals surface area contributed by atoms with Gasteiger partial charge in [-0.2, -0.15) is 0 Å². The molecule has 1 aliphatic heterocycles. The van der Waals surface area contributed by atoms with Crippen molar-refractivity contribution in [2.45, 2.75) is 19.5 Å². The molecule has 1 aromatic heterocycles. The van der Waals surface area contributed by atoms with E-state index in [4.69, 9.17) is 4.74 Å². The highest BCUT2D eigenvalue weighted by molar-refractivity contribution is 5.78. The van der Waals surface area contributed by atoms with E-state index in [0.29, 0.717) is 19.7 Å². The summed E-state index contributed by atoms with van der Waals surface area (Å²) in [5, 5.41) is 6.41. The van der Waals surface area contributed by atoms with Crippen LogP contribution in [0.15, 0.2) is 48.8 Å². The topological polar surface area (TPSA) is 66.5 Å². The van der Waals surface area contributed by atoms with Gasteiger partial charge in [0, 0.05) is 44.6 Å². The molecule has 0 radical (unpaired) electrons. The summed E-state index contributed by atoms with van der Waals surface area (Å²) in [6.07, 6.45) is 3.65. The molecule has 6 heteroatoms. The van der Waals surface area contributed by atoms with Gasteiger partial charge in [-0.05, 0) is 36.2 Å². The predicted octanol–water partition coefficient (Wildman–Crippen LogP) is 1.74. The predicted molar refractivity (Wildman–Crippen MR) is 101 cm³/mol. The van der Waals surface area contributed by atoms with Crippen LogP contribution >= 0.6 is 0 Å². The van der Waals surface area contributed by atoms with E-state index in [-0.39, 0.29) is 11.9 Å². The molecule has 138 valence electrons. The second-order valence-electron chi connectivity index (χ2n) is 6.33. The number of pyridine rings is 1. The molecule has 0 aliphatic carbocycles. The molecule has 3 rings (SSSR count). The lowest BCUT2D eigenvalue weighted by atomic mass is 10.1. The van der Waals surface area contributed by atoms with E-state index in [2.05, 4.69) is 26.6 Å². The first-order chi connectivity index (χ1) is 12.8. The summed E-state index contributed by atoms with van der Waals surface area (Å²) in [5.74, 6) is 0.862. The number of aromatic nitrogens is 1. The van der Waals surface area contributed by atoms with Gasteiger partial charge in [-0.1, -0.05) is 18.2 Å². The molecule has 2 aromatic rings. The number of carbonyl (C=O) groups excluding carboxylic acids is 1. The number of amides is 1. The van der Waals surface area contributed by atoms with Crippen LogP contribution in [0.2, 0.25) is 0 Å². The van der Waals surface area contributed by atoms with E-state index in [0.717, 1.165) is 36.5 Å². The Morgan fingerprint density at radius 2 is 2.31 bits per heavy atom. The Morgan fingerprint density at radius 1 is 1.38 bits per heavy atom. The van der Waals surface area contributed by atoms with Crippen LogP contribution in [0.1, 0.15) is 24.1 Å². The highest BCUT2D eigenvalue weighted by Gasteiger charge is 2.25. The van der Waals surface area contributed by atoms with E-state index < -0.39 is 0 Å². The standard InChI is InChI=1S/C20H26N4O2/c1-2-26-18-7-3-5-16(11-18)12-23-20(25)15-24-10-9-22-14-19(24)17-6-4-8-21-13-17/h3-8,11,13,19,22H,2,9-10,12,14-15H2,1H3,(H,23,25). The minimum atomic E-state index is 0.0302. The van der Waals surface area contributed by atoms with Crippen molar-refractivity contribution in [1.82, 2.24) is 20.5 Å². The van der Waals surface area contributed by atoms with E-state index in [9.17, 15) is 4.79 Å². The Morgan fingerprint density at radius 3 is 3.12 bits per heavy atom. The highest BCUT2D eigenvalue weighted by atomic mass is 16.5. The molecule has 1 fully saturated rings. The minimum Gasteiger partial charge on any atom is -0.494 e. The molecular formula is C20H26N4O2. The first-order valence-electron chi connectivity index (χ1n) is 9.09. The van der Waals surface area contributed by atoms with Crippen LogP contribution < -0.4 is 15.4 Å². The molecule has 26 heavy (non-hydrogen) atoms. The monoisotopic (exact) mass is 354 g/mol. The van der Waals surface area contributed by atoms with Gasteiger partial charge >= 0.3 is 0 Å². The maximum Gasteiger partial charge on any atom is 0.234 e. The Bertz CT molecular complexity index is 708. The van der Waals surface area contributed by atoms with Crippen LogP contribution in [-0.4, -0.2) is 48.6 Å². The zero-order chi connectivity index (χ0) is 18.2. The summed E-state index contributed by atoms with van der Waals surface area (Å²) in [6, 6.07) is 12.0. The van der Waals surface area contributed by atoms with Gasteiger partial charge in [-0.3, -0.25) is 14.7 Å². The molecule has 2 heterocycles. The zero-order valence-electron chi connectivity index (χ0n) is 15.1. The van der Waals surface area contributed by atoms with Gasteiger partial charge in [0.2, 0.25) is 5.91 Å². The lowest BCUT2D eigenvalue weighted by molar-refractivity contribution is -0.123. The normalized spacial score (nSPS) is 17.7. The highest BCUT2D eigenvalue weighted by Crippen LogP contribution is 2.20. The van der Waals surface area contributed by atoms with Gasteiger partial charge in [-0.25, -0.2) is 0 Å². The quantitative estimate of drug-likeness (QED) is 0.793. The molecule has 1 atom stereocenters. The van der Waals surface area contributed by atoms with Crippen molar-refractivity contribution < 1.29 is 9.53 Å². The lowest BCUT2D eigenvalue weighted by Gasteiger charge is -2.35. The maximum absolute atomic E-state index is 12.5. The molecule has 1 amide bonds. The van der Waals surface area contributed by atoms with Gasteiger partial charge < -0.3 is 15.4 Å². The number of benzene rings is 1. The number of nitrogens with one attached hydrogen (secondary N) is 2. The Labute approximate surface area is 154 Å². The summed E-state index contributed by atoms with van der Waals surface area (Å²) in [6.45, 7) is 6.04. The van der Waals surface area contributed by atoms with Crippen LogP contribution in [0.25, 0.3) is 0 Å². The molecule has 1 aromatic carbocycles. The molecule has 2 N–H and O–H groups in total. The van der Waals surface area contributed by atoms with Gasteiger partial charge in [0.15, 0.2) is 0 Å². The molecule has 1 saturated heterocycles. The van der Waals surface area contributed by atoms with Gasteiger partial charge in [-0.15, -0.1) is 0 Å². The maximum atomic E-state index is 12.5. The average Bonchev–Trinajstić information content (AvgIpc) is 2.68. The fourth-order valence-electron chi connectivity index (χ4n) is 3.19. The van der Waals surface area contributed by atoms with Gasteiger partial charge in [0.1, 0.15) is 5.75 Å². The number of piperazine rings is 1. The fraction of sp³-hybridized carbons (Fsp3) is 0.400. The second-order valence-corrected chi connectivity index (χ2v) is 6.33. The van der Waals surface area contributed by atoms with E-state index >= 15 is 0 Å². The van der Waals surface area contributed by atoms with Crippen molar-refractivity contribution in [3.8, 4) is 5.75 Å².